The van der Waals surface area contributed by atoms with Crippen LogP contribution in [0, 0.1) is 0 Å². The maximum Gasteiger partial charge on any atom is 0.328 e. The molecule has 0 spiro atoms. The molecular formula is C24H30N4O8. The number of carbonyl (C=O) groups excluding carboxylic acids is 3. The lowest BCUT2D eigenvalue weighted by Crippen LogP contribution is -2.57. The van der Waals surface area contributed by atoms with Crippen molar-refractivity contribution in [2.24, 2.45) is 5.73 Å². The molecule has 12 nitrogen and oxygen atoms in total. The molecule has 4 unspecified atom stereocenters. The van der Waals surface area contributed by atoms with Crippen LogP contribution in [0.5, 0.6) is 11.5 Å². The zero-order chi connectivity index (χ0) is 26.8. The Morgan fingerprint density at radius 3 is 1.69 bits per heavy atom. The van der Waals surface area contributed by atoms with Crippen LogP contribution in [0.15, 0.2) is 48.5 Å². The number of hydrogen-bond donors (Lipinski definition) is 8. The molecule has 0 fully saturated rings. The largest absolute Gasteiger partial charge is 0.508 e. The van der Waals surface area contributed by atoms with Gasteiger partial charge in [-0.2, -0.15) is 0 Å². The summed E-state index contributed by atoms with van der Waals surface area (Å²) in [6, 6.07) is 7.19. The molecular weight excluding hydrogens is 472 g/mol. The number of carboxylic acids is 1. The van der Waals surface area contributed by atoms with E-state index in [-0.39, 0.29) is 24.3 Å². The van der Waals surface area contributed by atoms with Crippen molar-refractivity contribution in [3.8, 4) is 11.5 Å². The minimum atomic E-state index is -1.54. The summed E-state index contributed by atoms with van der Waals surface area (Å²) in [6.45, 7) is 0.486. The molecule has 2 aromatic carbocycles. The highest BCUT2D eigenvalue weighted by atomic mass is 16.4. The van der Waals surface area contributed by atoms with E-state index in [4.69, 9.17) is 15.9 Å². The number of aliphatic hydroxyl groups is 1. The van der Waals surface area contributed by atoms with E-state index in [1.165, 1.54) is 31.2 Å². The Balaban J connectivity index is 2.11. The van der Waals surface area contributed by atoms with Gasteiger partial charge in [0.1, 0.15) is 29.6 Å². The van der Waals surface area contributed by atoms with Gasteiger partial charge in [0.15, 0.2) is 0 Å². The Morgan fingerprint density at radius 2 is 1.22 bits per heavy atom. The maximum atomic E-state index is 13.0. The van der Waals surface area contributed by atoms with Gasteiger partial charge in [0.25, 0.3) is 0 Å². The number of aromatic hydroxyl groups is 2. The molecule has 2 rings (SSSR count). The summed E-state index contributed by atoms with van der Waals surface area (Å²) in [7, 11) is 0. The van der Waals surface area contributed by atoms with Crippen molar-refractivity contribution >= 4 is 23.7 Å². The predicted octanol–water partition coefficient (Wildman–Crippen LogP) is -1.24. The molecule has 9 N–H and O–H groups in total. The first kappa shape index (κ1) is 28.1. The summed E-state index contributed by atoms with van der Waals surface area (Å²) in [5.74, 6) is -3.57. The average molecular weight is 503 g/mol. The van der Waals surface area contributed by atoms with Crippen LogP contribution < -0.4 is 21.7 Å². The lowest BCUT2D eigenvalue weighted by atomic mass is 10.0. The van der Waals surface area contributed by atoms with Crippen molar-refractivity contribution in [3.63, 3.8) is 0 Å². The van der Waals surface area contributed by atoms with Crippen LogP contribution in [-0.2, 0) is 32.0 Å². The number of nitrogens with two attached hydrogens (primary N) is 1. The second-order valence-corrected chi connectivity index (χ2v) is 8.22. The highest BCUT2D eigenvalue weighted by molar-refractivity contribution is 5.94. The standard InChI is InChI=1S/C24H30N4O8/c1-13(21(32)28-20(12-29)24(35)36)26-23(34)19(11-15-4-8-17(31)9-5-15)27-22(33)18(25)10-14-2-6-16(30)7-3-14/h2-9,13,18-20,29-31H,10-12,25H2,1H3,(H,26,34)(H,27,33)(H,28,32)(H,35,36). The van der Waals surface area contributed by atoms with E-state index in [0.717, 1.165) is 0 Å². The van der Waals surface area contributed by atoms with Gasteiger partial charge >= 0.3 is 5.97 Å². The molecule has 4 atom stereocenters. The van der Waals surface area contributed by atoms with E-state index < -0.39 is 54.5 Å². The lowest BCUT2D eigenvalue weighted by molar-refractivity contribution is -0.143. The molecule has 36 heavy (non-hydrogen) atoms. The molecule has 0 bridgehead atoms. The van der Waals surface area contributed by atoms with Crippen LogP contribution in [0.25, 0.3) is 0 Å². The summed E-state index contributed by atoms with van der Waals surface area (Å²) < 4.78 is 0. The van der Waals surface area contributed by atoms with Crippen molar-refractivity contribution in [2.45, 2.75) is 43.9 Å². The number of carbonyl (C=O) groups is 4. The van der Waals surface area contributed by atoms with Gasteiger partial charge in [-0.25, -0.2) is 4.79 Å². The van der Waals surface area contributed by atoms with Crippen molar-refractivity contribution in [1.29, 1.82) is 0 Å². The molecule has 0 aliphatic rings. The lowest BCUT2D eigenvalue weighted by Gasteiger charge is -2.23. The Morgan fingerprint density at radius 1 is 0.750 bits per heavy atom. The normalized spacial score (nSPS) is 14.1. The summed E-state index contributed by atoms with van der Waals surface area (Å²) in [5.41, 5.74) is 7.31. The smallest absolute Gasteiger partial charge is 0.328 e. The topological polar surface area (TPSA) is 211 Å². The Bertz CT molecular complexity index is 1060. The summed E-state index contributed by atoms with van der Waals surface area (Å²) in [5, 5.41) is 44.0. The summed E-state index contributed by atoms with van der Waals surface area (Å²) in [4.78, 5) is 49.1. The summed E-state index contributed by atoms with van der Waals surface area (Å²) >= 11 is 0. The van der Waals surface area contributed by atoms with Gasteiger partial charge in [-0.1, -0.05) is 24.3 Å². The number of phenols is 2. The predicted molar refractivity (Wildman–Crippen MR) is 128 cm³/mol. The third-order valence-electron chi connectivity index (χ3n) is 5.29. The number of hydrogen-bond acceptors (Lipinski definition) is 8. The third kappa shape index (κ3) is 8.56. The number of nitrogens with one attached hydrogen (secondary N) is 3. The fourth-order valence-electron chi connectivity index (χ4n) is 3.20. The first-order valence-electron chi connectivity index (χ1n) is 11.1. The molecule has 0 aromatic heterocycles. The van der Waals surface area contributed by atoms with Gasteiger partial charge in [0.2, 0.25) is 17.7 Å². The van der Waals surface area contributed by atoms with E-state index in [1.807, 2.05) is 0 Å². The molecule has 0 aliphatic heterocycles. The van der Waals surface area contributed by atoms with Gasteiger partial charge in [-0.15, -0.1) is 0 Å². The van der Waals surface area contributed by atoms with Crippen LogP contribution in [0.3, 0.4) is 0 Å². The average Bonchev–Trinajstić information content (AvgIpc) is 2.84. The van der Waals surface area contributed by atoms with Crippen molar-refractivity contribution < 1.29 is 39.6 Å². The minimum absolute atomic E-state index is 0.00646. The molecule has 0 aliphatic carbocycles. The maximum absolute atomic E-state index is 13.0. The fraction of sp³-hybridized carbons (Fsp3) is 0.333. The minimum Gasteiger partial charge on any atom is -0.508 e. The molecule has 194 valence electrons. The molecule has 2 aromatic rings. The van der Waals surface area contributed by atoms with Crippen LogP contribution in [0.2, 0.25) is 0 Å². The number of benzene rings is 2. The second kappa shape index (κ2) is 13.1. The zero-order valence-electron chi connectivity index (χ0n) is 19.5. The third-order valence-corrected chi connectivity index (χ3v) is 5.29. The van der Waals surface area contributed by atoms with E-state index >= 15 is 0 Å². The molecule has 0 heterocycles. The second-order valence-electron chi connectivity index (χ2n) is 8.22. The van der Waals surface area contributed by atoms with Crippen LogP contribution in [0.4, 0.5) is 0 Å². The quantitative estimate of drug-likeness (QED) is 0.174. The highest BCUT2D eigenvalue weighted by Gasteiger charge is 2.28. The number of amides is 3. The zero-order valence-corrected chi connectivity index (χ0v) is 19.5. The Hall–Kier alpha value is -4.16. The SMILES string of the molecule is CC(NC(=O)C(Cc1ccc(O)cc1)NC(=O)C(N)Cc1ccc(O)cc1)C(=O)NC(CO)C(=O)O. The number of aliphatic hydroxyl groups excluding tert-OH is 1. The Labute approximate surface area is 207 Å². The molecule has 0 radical (unpaired) electrons. The van der Waals surface area contributed by atoms with Crippen molar-refractivity contribution in [2.75, 3.05) is 6.61 Å². The first-order chi connectivity index (χ1) is 17.0. The van der Waals surface area contributed by atoms with Crippen LogP contribution in [0.1, 0.15) is 18.1 Å². The van der Waals surface area contributed by atoms with Gasteiger partial charge in [-0.05, 0) is 48.7 Å². The van der Waals surface area contributed by atoms with Gasteiger partial charge in [0.05, 0.1) is 12.6 Å². The van der Waals surface area contributed by atoms with Crippen LogP contribution in [-0.4, -0.2) is 74.9 Å². The van der Waals surface area contributed by atoms with Gasteiger partial charge in [0, 0.05) is 6.42 Å². The number of aliphatic carboxylic acids is 1. The van der Waals surface area contributed by atoms with Gasteiger partial charge in [-0.3, -0.25) is 14.4 Å². The van der Waals surface area contributed by atoms with E-state index in [0.29, 0.717) is 11.1 Å². The highest BCUT2D eigenvalue weighted by Crippen LogP contribution is 2.13. The van der Waals surface area contributed by atoms with Crippen molar-refractivity contribution in [1.82, 2.24) is 16.0 Å². The first-order valence-corrected chi connectivity index (χ1v) is 11.1. The van der Waals surface area contributed by atoms with Crippen molar-refractivity contribution in [3.05, 3.63) is 59.7 Å². The van der Waals surface area contributed by atoms with E-state index in [1.54, 1.807) is 24.3 Å². The van der Waals surface area contributed by atoms with E-state index in [2.05, 4.69) is 16.0 Å². The monoisotopic (exact) mass is 502 g/mol. The summed E-state index contributed by atoms with van der Waals surface area (Å²) in [6.07, 6.45) is 0.142. The number of carboxylic acid groups (broad SMARTS) is 1. The number of rotatable bonds is 12. The molecule has 0 saturated heterocycles. The Kier molecular flexibility index (Phi) is 10.2. The molecule has 12 heteroatoms. The van der Waals surface area contributed by atoms with E-state index in [9.17, 15) is 29.4 Å². The van der Waals surface area contributed by atoms with Crippen LogP contribution >= 0.6 is 0 Å². The molecule has 3 amide bonds. The fourth-order valence-corrected chi connectivity index (χ4v) is 3.20. The molecule has 0 saturated carbocycles. The van der Waals surface area contributed by atoms with Gasteiger partial charge < -0.3 is 42.1 Å². The number of phenolic OH excluding ortho intramolecular Hbond substituents is 2.